The number of nitrogens with zero attached hydrogens (tertiary/aromatic N) is 2. The summed E-state index contributed by atoms with van der Waals surface area (Å²) in [4.78, 5) is 5.43. The molecule has 2 aromatic rings. The van der Waals surface area contributed by atoms with Crippen molar-refractivity contribution in [3.63, 3.8) is 0 Å². The number of para-hydroxylation sites is 1. The molecule has 0 aromatic heterocycles. The first-order valence-corrected chi connectivity index (χ1v) is 12.8. The molecule has 0 bridgehead atoms. The molecule has 4 aliphatic rings. The molecule has 1 N–H and O–H groups in total. The van der Waals surface area contributed by atoms with E-state index in [1.54, 1.807) is 0 Å². The monoisotopic (exact) mass is 447 g/mol. The van der Waals surface area contributed by atoms with Crippen molar-refractivity contribution in [2.45, 2.75) is 57.8 Å². The van der Waals surface area contributed by atoms with E-state index in [2.05, 4.69) is 65.4 Å². The van der Waals surface area contributed by atoms with Gasteiger partial charge in [-0.05, 0) is 36.0 Å². The van der Waals surface area contributed by atoms with Crippen molar-refractivity contribution in [1.82, 2.24) is 15.1 Å². The van der Waals surface area contributed by atoms with Crippen molar-refractivity contribution in [3.05, 3.63) is 59.2 Å². The third-order valence-corrected chi connectivity index (χ3v) is 8.43. The van der Waals surface area contributed by atoms with Crippen molar-refractivity contribution in [2.24, 2.45) is 5.41 Å². The van der Waals surface area contributed by atoms with Crippen LogP contribution in [0.4, 0.5) is 0 Å². The second kappa shape index (κ2) is 8.61. The molecular weight excluding hydrogens is 410 g/mol. The molecule has 2 unspecified atom stereocenters. The first-order chi connectivity index (χ1) is 16.1. The fourth-order valence-electron chi connectivity index (χ4n) is 6.45. The van der Waals surface area contributed by atoms with Crippen molar-refractivity contribution < 1.29 is 9.47 Å². The van der Waals surface area contributed by atoms with Gasteiger partial charge in [0.15, 0.2) is 11.5 Å². The number of nitrogens with one attached hydrogen (secondary N) is 1. The smallest absolute Gasteiger partial charge is 0.165 e. The van der Waals surface area contributed by atoms with E-state index < -0.39 is 0 Å². The minimum absolute atomic E-state index is 0.407. The van der Waals surface area contributed by atoms with Gasteiger partial charge >= 0.3 is 0 Å². The molecule has 3 aliphatic heterocycles. The molecule has 5 heteroatoms. The highest BCUT2D eigenvalue weighted by Crippen LogP contribution is 2.51. The maximum absolute atomic E-state index is 6.02. The van der Waals surface area contributed by atoms with E-state index in [0.717, 1.165) is 37.7 Å². The molecule has 6 rings (SSSR count). The summed E-state index contributed by atoms with van der Waals surface area (Å²) in [5.74, 6) is 2.36. The van der Waals surface area contributed by atoms with Crippen molar-refractivity contribution in [3.8, 4) is 11.5 Å². The normalized spacial score (nSPS) is 26.8. The van der Waals surface area contributed by atoms with Crippen molar-refractivity contribution >= 4 is 0 Å². The average molecular weight is 448 g/mol. The maximum atomic E-state index is 6.02. The van der Waals surface area contributed by atoms with Gasteiger partial charge in [0.1, 0.15) is 13.2 Å². The van der Waals surface area contributed by atoms with Gasteiger partial charge in [-0.25, -0.2) is 0 Å². The van der Waals surface area contributed by atoms with Gasteiger partial charge in [0.25, 0.3) is 0 Å². The van der Waals surface area contributed by atoms with Gasteiger partial charge in [-0.15, -0.1) is 0 Å². The van der Waals surface area contributed by atoms with Crippen LogP contribution < -0.4 is 14.8 Å². The van der Waals surface area contributed by atoms with E-state index >= 15 is 0 Å². The highest BCUT2D eigenvalue weighted by Gasteiger charge is 2.54. The Hall–Kier alpha value is -2.08. The van der Waals surface area contributed by atoms with Crippen LogP contribution in [0.2, 0.25) is 0 Å². The second-order valence-corrected chi connectivity index (χ2v) is 10.7. The molecule has 0 radical (unpaired) electrons. The minimum Gasteiger partial charge on any atom is -0.486 e. The van der Waals surface area contributed by atoms with E-state index in [1.165, 1.54) is 42.5 Å². The van der Waals surface area contributed by atoms with Gasteiger partial charge in [0.05, 0.1) is 6.17 Å². The molecule has 5 nitrogen and oxygen atoms in total. The largest absolute Gasteiger partial charge is 0.486 e. The zero-order valence-electron chi connectivity index (χ0n) is 20.1. The molecule has 0 amide bonds. The summed E-state index contributed by atoms with van der Waals surface area (Å²) in [5, 5.41) is 3.83. The summed E-state index contributed by atoms with van der Waals surface area (Å²) in [5.41, 5.74) is 4.77. The third-order valence-electron chi connectivity index (χ3n) is 8.43. The predicted octanol–water partition coefficient (Wildman–Crippen LogP) is 4.54. The van der Waals surface area contributed by atoms with Crippen LogP contribution in [0.3, 0.4) is 0 Å². The number of hydrogen-bond acceptors (Lipinski definition) is 5. The Balaban J connectivity index is 1.29. The molecule has 3 heterocycles. The molecule has 33 heavy (non-hydrogen) atoms. The van der Waals surface area contributed by atoms with E-state index in [4.69, 9.17) is 9.47 Å². The van der Waals surface area contributed by atoms with Gasteiger partial charge in [-0.1, -0.05) is 56.7 Å². The van der Waals surface area contributed by atoms with Crippen LogP contribution in [0.1, 0.15) is 61.8 Å². The zero-order valence-corrected chi connectivity index (χ0v) is 20.1. The highest BCUT2D eigenvalue weighted by atomic mass is 16.6. The Kier molecular flexibility index (Phi) is 5.60. The van der Waals surface area contributed by atoms with E-state index in [1.807, 2.05) is 6.07 Å². The number of rotatable bonds is 5. The molecule has 2 saturated heterocycles. The highest BCUT2D eigenvalue weighted by molar-refractivity contribution is 5.47. The first kappa shape index (κ1) is 21.5. The lowest BCUT2D eigenvalue weighted by Crippen LogP contribution is -2.73. The van der Waals surface area contributed by atoms with Crippen LogP contribution in [-0.4, -0.2) is 55.4 Å². The molecule has 176 valence electrons. The topological polar surface area (TPSA) is 37.0 Å². The van der Waals surface area contributed by atoms with E-state index in [-0.39, 0.29) is 0 Å². The van der Waals surface area contributed by atoms with Crippen LogP contribution in [0.15, 0.2) is 42.5 Å². The molecule has 2 aromatic carbocycles. The zero-order chi connectivity index (χ0) is 22.4. The number of piperazine rings is 1. The van der Waals surface area contributed by atoms with Crippen molar-refractivity contribution in [1.29, 1.82) is 0 Å². The van der Waals surface area contributed by atoms with Crippen LogP contribution in [0.25, 0.3) is 0 Å². The van der Waals surface area contributed by atoms with Crippen molar-refractivity contribution in [2.75, 3.05) is 39.4 Å². The summed E-state index contributed by atoms with van der Waals surface area (Å²) in [6.07, 6.45) is 4.69. The minimum atomic E-state index is 0.407. The summed E-state index contributed by atoms with van der Waals surface area (Å²) in [7, 11) is 0. The molecule has 1 aliphatic carbocycles. The fraction of sp³-hybridized carbons (Fsp3) is 0.571. The Bertz CT molecular complexity index is 997. The number of fused-ring (bicyclic) bond motifs is 1. The Labute approximate surface area is 198 Å². The number of ether oxygens (including phenoxy) is 2. The van der Waals surface area contributed by atoms with Crippen LogP contribution in [0, 0.1) is 5.41 Å². The maximum Gasteiger partial charge on any atom is 0.165 e. The standard InChI is InChI=1S/C28H37N3O2/c1-20(2)22-8-3-4-9-23(22)24-18-30(13-14-31(24)27-28(19-29-27)11-6-12-28)17-21-7-5-10-25-26(21)33-16-15-32-25/h3-5,7-10,20,24,27,29H,6,11-19H2,1-2H3. The van der Waals surface area contributed by atoms with E-state index in [9.17, 15) is 0 Å². The number of hydrogen-bond donors (Lipinski definition) is 1. The summed E-state index contributed by atoms with van der Waals surface area (Å²) in [6, 6.07) is 15.9. The molecular formula is C28H37N3O2. The average Bonchev–Trinajstić information content (AvgIpc) is 2.78. The quantitative estimate of drug-likeness (QED) is 0.728. The summed E-state index contributed by atoms with van der Waals surface area (Å²) >= 11 is 0. The SMILES string of the molecule is CC(C)c1ccccc1C1CN(Cc2cccc3c2OCCO3)CCN1C1NCC12CCC2. The lowest BCUT2D eigenvalue weighted by Gasteiger charge is -2.62. The van der Waals surface area contributed by atoms with Gasteiger partial charge in [-0.3, -0.25) is 9.80 Å². The Morgan fingerprint density at radius 2 is 1.88 bits per heavy atom. The number of benzene rings is 2. The lowest BCUT2D eigenvalue weighted by molar-refractivity contribution is -0.123. The lowest BCUT2D eigenvalue weighted by atomic mass is 9.61. The molecule has 3 fully saturated rings. The van der Waals surface area contributed by atoms with Crippen LogP contribution in [-0.2, 0) is 6.54 Å². The predicted molar refractivity (Wildman–Crippen MR) is 131 cm³/mol. The van der Waals surface area contributed by atoms with Gasteiger partial charge in [-0.2, -0.15) is 0 Å². The van der Waals surface area contributed by atoms with E-state index in [0.29, 0.717) is 36.8 Å². The Morgan fingerprint density at radius 3 is 2.64 bits per heavy atom. The van der Waals surface area contributed by atoms with Crippen LogP contribution in [0.5, 0.6) is 11.5 Å². The second-order valence-electron chi connectivity index (χ2n) is 10.7. The molecule has 1 saturated carbocycles. The van der Waals surface area contributed by atoms with Gasteiger partial charge in [0, 0.05) is 49.7 Å². The fourth-order valence-corrected chi connectivity index (χ4v) is 6.45. The Morgan fingerprint density at radius 1 is 1.03 bits per heavy atom. The summed E-state index contributed by atoms with van der Waals surface area (Å²) < 4.78 is 11.9. The molecule has 2 atom stereocenters. The first-order valence-electron chi connectivity index (χ1n) is 12.8. The summed E-state index contributed by atoms with van der Waals surface area (Å²) in [6.45, 7) is 11.3. The van der Waals surface area contributed by atoms with Gasteiger partial charge < -0.3 is 14.8 Å². The van der Waals surface area contributed by atoms with Crippen LogP contribution >= 0.6 is 0 Å². The van der Waals surface area contributed by atoms with Gasteiger partial charge in [0.2, 0.25) is 0 Å². The third kappa shape index (κ3) is 3.74. The molecule has 1 spiro atoms.